The molecule has 6 rings (SSSR count). The Morgan fingerprint density at radius 2 is 1.96 bits per heavy atom. The highest BCUT2D eigenvalue weighted by Crippen LogP contribution is 2.51. The van der Waals surface area contributed by atoms with Crippen LogP contribution in [0.25, 0.3) is 11.4 Å². The van der Waals surface area contributed by atoms with Crippen molar-refractivity contribution in [3.63, 3.8) is 0 Å². The van der Waals surface area contributed by atoms with Gasteiger partial charge in [0, 0.05) is 30.1 Å². The number of aromatic nitrogens is 3. The number of benzene rings is 1. The summed E-state index contributed by atoms with van der Waals surface area (Å²) in [5.41, 5.74) is 2.32. The molecule has 1 aliphatic carbocycles. The van der Waals surface area contributed by atoms with E-state index in [-0.39, 0.29) is 17.6 Å². The van der Waals surface area contributed by atoms with Crippen molar-refractivity contribution in [1.29, 1.82) is 0 Å². The van der Waals surface area contributed by atoms with Crippen LogP contribution in [0.3, 0.4) is 0 Å². The van der Waals surface area contributed by atoms with Gasteiger partial charge in [-0.05, 0) is 49.4 Å². The molecule has 0 radical (unpaired) electrons. The summed E-state index contributed by atoms with van der Waals surface area (Å²) in [5, 5.41) is 7.88. The van der Waals surface area contributed by atoms with E-state index in [0.29, 0.717) is 43.1 Å². The summed E-state index contributed by atoms with van der Waals surface area (Å²) in [6, 6.07) is 6.03. The molecule has 2 saturated heterocycles. The Morgan fingerprint density at radius 3 is 2.64 bits per heavy atom. The molecule has 1 aromatic carbocycles. The van der Waals surface area contributed by atoms with E-state index in [1.54, 1.807) is 12.1 Å². The van der Waals surface area contributed by atoms with Gasteiger partial charge in [0.1, 0.15) is 12.1 Å². The number of halogens is 1. The first-order valence-electron chi connectivity index (χ1n) is 9.35. The third kappa shape index (κ3) is 2.89. The monoisotopic (exact) mass is 382 g/mol. The summed E-state index contributed by atoms with van der Waals surface area (Å²) in [7, 11) is 0. The maximum absolute atomic E-state index is 13.1. The molecule has 1 saturated carbocycles. The predicted octanol–water partition coefficient (Wildman–Crippen LogP) is 2.98. The molecule has 0 N–H and O–H groups in total. The van der Waals surface area contributed by atoms with Crippen molar-refractivity contribution >= 4 is 5.91 Å². The fourth-order valence-corrected chi connectivity index (χ4v) is 4.34. The van der Waals surface area contributed by atoms with Gasteiger partial charge in [-0.3, -0.25) is 4.79 Å². The van der Waals surface area contributed by atoms with Crippen LogP contribution in [0.4, 0.5) is 4.39 Å². The smallest absolute Gasteiger partial charge is 0.230 e. The van der Waals surface area contributed by atoms with Gasteiger partial charge in [0.05, 0.1) is 12.1 Å². The maximum atomic E-state index is 13.1. The Hall–Kier alpha value is -3.03. The minimum Gasteiger partial charge on any atom is -0.364 e. The van der Waals surface area contributed by atoms with Crippen LogP contribution in [0.5, 0.6) is 0 Å². The third-order valence-electron chi connectivity index (χ3n) is 5.90. The number of hydrogen-bond donors (Lipinski definition) is 0. The molecular weight excluding hydrogens is 363 g/mol. The van der Waals surface area contributed by atoms with Crippen LogP contribution in [-0.2, 0) is 11.2 Å². The van der Waals surface area contributed by atoms with Crippen molar-refractivity contribution in [2.75, 3.05) is 13.1 Å². The van der Waals surface area contributed by atoms with E-state index in [1.807, 2.05) is 11.8 Å². The number of nitrogens with zero attached hydrogens (tertiary/aromatic N) is 4. The Kier molecular flexibility index (Phi) is 3.99. The lowest BCUT2D eigenvalue weighted by Gasteiger charge is -2.52. The molecular formula is C20H19FN4O3. The lowest BCUT2D eigenvalue weighted by atomic mass is 9.61. The summed E-state index contributed by atoms with van der Waals surface area (Å²) >= 11 is 0. The quantitative estimate of drug-likeness (QED) is 0.690. The zero-order chi connectivity index (χ0) is 19.3. The lowest BCUT2D eigenvalue weighted by Crippen LogP contribution is -2.55. The first-order valence-corrected chi connectivity index (χ1v) is 9.35. The Morgan fingerprint density at radius 1 is 1.21 bits per heavy atom. The SMILES string of the molecule is Cc1nocc1CC(=O)N1CC2CC(C1)C2c1nc(-c2ccc(F)cc2)no1. The molecule has 3 fully saturated rings. The topological polar surface area (TPSA) is 85.3 Å². The fourth-order valence-electron chi connectivity index (χ4n) is 4.34. The number of amides is 1. The van der Waals surface area contributed by atoms with Crippen LogP contribution in [0.2, 0.25) is 0 Å². The van der Waals surface area contributed by atoms with E-state index in [2.05, 4.69) is 15.3 Å². The van der Waals surface area contributed by atoms with Crippen molar-refractivity contribution in [2.45, 2.75) is 25.7 Å². The molecule has 8 heteroatoms. The van der Waals surface area contributed by atoms with E-state index in [1.165, 1.54) is 18.4 Å². The fraction of sp³-hybridized carbons (Fsp3) is 0.400. The lowest BCUT2D eigenvalue weighted by molar-refractivity contribution is -0.139. The third-order valence-corrected chi connectivity index (χ3v) is 5.90. The average Bonchev–Trinajstić information content (AvgIpc) is 3.32. The number of piperidine rings is 2. The normalized spacial score (nSPS) is 23.5. The zero-order valence-corrected chi connectivity index (χ0v) is 15.3. The molecule has 28 heavy (non-hydrogen) atoms. The van der Waals surface area contributed by atoms with Gasteiger partial charge in [-0.2, -0.15) is 4.98 Å². The van der Waals surface area contributed by atoms with Crippen molar-refractivity contribution in [1.82, 2.24) is 20.2 Å². The van der Waals surface area contributed by atoms with Crippen LogP contribution in [0.1, 0.15) is 29.5 Å². The standard InChI is InChI=1S/C20H19FN4O3/c1-11-15(10-27-23-11)7-17(26)25-8-13-6-14(9-25)18(13)20-22-19(24-28-20)12-2-4-16(21)5-3-12/h2-5,10,13-14,18H,6-9H2,1H3. The molecule has 2 aliphatic heterocycles. The van der Waals surface area contributed by atoms with Crippen molar-refractivity contribution < 1.29 is 18.2 Å². The summed E-state index contributed by atoms with van der Waals surface area (Å²) in [6.45, 7) is 3.22. The van der Waals surface area contributed by atoms with Gasteiger partial charge in [0.2, 0.25) is 17.6 Å². The highest BCUT2D eigenvalue weighted by atomic mass is 19.1. The molecule has 3 aliphatic rings. The number of carbonyl (C=O) groups excluding carboxylic acids is 1. The summed E-state index contributed by atoms with van der Waals surface area (Å²) in [6.07, 6.45) is 2.92. The number of hydrogen-bond acceptors (Lipinski definition) is 6. The second-order valence-electron chi connectivity index (χ2n) is 7.65. The molecule has 4 heterocycles. The number of carbonyl (C=O) groups is 1. The van der Waals surface area contributed by atoms with Crippen molar-refractivity contribution in [3.8, 4) is 11.4 Å². The first kappa shape index (κ1) is 17.1. The molecule has 2 bridgehead atoms. The Balaban J connectivity index is 1.26. The molecule has 2 unspecified atom stereocenters. The maximum Gasteiger partial charge on any atom is 0.230 e. The second-order valence-corrected chi connectivity index (χ2v) is 7.65. The first-order chi connectivity index (χ1) is 13.6. The van der Waals surface area contributed by atoms with Crippen molar-refractivity contribution in [3.05, 3.63) is 53.5 Å². The minimum atomic E-state index is -0.299. The zero-order valence-electron chi connectivity index (χ0n) is 15.3. The molecule has 7 nitrogen and oxygen atoms in total. The van der Waals surface area contributed by atoms with E-state index in [0.717, 1.165) is 23.2 Å². The second kappa shape index (κ2) is 6.54. The van der Waals surface area contributed by atoms with Crippen LogP contribution in [-0.4, -0.2) is 39.2 Å². The largest absolute Gasteiger partial charge is 0.364 e. The summed E-state index contributed by atoms with van der Waals surface area (Å²) < 4.78 is 23.5. The van der Waals surface area contributed by atoms with E-state index < -0.39 is 0 Å². The van der Waals surface area contributed by atoms with Crippen molar-refractivity contribution in [2.24, 2.45) is 11.8 Å². The molecule has 144 valence electrons. The molecule has 1 amide bonds. The van der Waals surface area contributed by atoms with E-state index in [4.69, 9.17) is 9.05 Å². The van der Waals surface area contributed by atoms with Gasteiger partial charge < -0.3 is 13.9 Å². The highest BCUT2D eigenvalue weighted by molar-refractivity contribution is 5.79. The average molecular weight is 382 g/mol. The summed E-state index contributed by atoms with van der Waals surface area (Å²) in [4.78, 5) is 19.1. The predicted molar refractivity (Wildman–Crippen MR) is 95.6 cm³/mol. The van der Waals surface area contributed by atoms with Gasteiger partial charge in [0.25, 0.3) is 0 Å². The van der Waals surface area contributed by atoms with Gasteiger partial charge in [-0.1, -0.05) is 10.3 Å². The van der Waals surface area contributed by atoms with Gasteiger partial charge in [-0.15, -0.1) is 0 Å². The van der Waals surface area contributed by atoms with Crippen LogP contribution in [0.15, 0.2) is 39.6 Å². The number of fused-ring (bicyclic) bond motifs is 2. The van der Waals surface area contributed by atoms with Gasteiger partial charge >= 0.3 is 0 Å². The molecule has 2 aromatic heterocycles. The van der Waals surface area contributed by atoms with Crippen LogP contribution in [0, 0.1) is 24.6 Å². The Labute approximate surface area is 160 Å². The number of rotatable bonds is 4. The minimum absolute atomic E-state index is 0.0944. The highest BCUT2D eigenvalue weighted by Gasteiger charge is 2.51. The van der Waals surface area contributed by atoms with Gasteiger partial charge in [-0.25, -0.2) is 4.39 Å². The molecule has 2 atom stereocenters. The number of aryl methyl sites for hydroxylation is 1. The van der Waals surface area contributed by atoms with Gasteiger partial charge in [0.15, 0.2) is 0 Å². The summed E-state index contributed by atoms with van der Waals surface area (Å²) in [5.74, 6) is 1.71. The molecule has 3 aromatic rings. The van der Waals surface area contributed by atoms with Crippen LogP contribution < -0.4 is 0 Å². The van der Waals surface area contributed by atoms with E-state index >= 15 is 0 Å². The van der Waals surface area contributed by atoms with Crippen LogP contribution >= 0.6 is 0 Å². The van der Waals surface area contributed by atoms with E-state index in [9.17, 15) is 9.18 Å². The Bertz CT molecular complexity index is 1000. The molecule has 0 spiro atoms.